The van der Waals surface area contributed by atoms with Crippen molar-refractivity contribution in [3.8, 4) is 0 Å². The zero-order valence-electron chi connectivity index (χ0n) is 11.8. The number of halogens is 1. The van der Waals surface area contributed by atoms with Crippen molar-refractivity contribution in [3.05, 3.63) is 70.4 Å². The molecule has 3 rings (SSSR count). The second-order valence-corrected chi connectivity index (χ2v) is 5.62. The monoisotopic (exact) mass is 356 g/mol. The Balaban J connectivity index is 1.80. The molecule has 1 heterocycles. The van der Waals surface area contributed by atoms with E-state index in [4.69, 9.17) is 4.42 Å². The lowest BCUT2D eigenvalue weighted by Gasteiger charge is -2.03. The summed E-state index contributed by atoms with van der Waals surface area (Å²) in [4.78, 5) is 12.1. The second-order valence-electron chi connectivity index (χ2n) is 4.77. The Morgan fingerprint density at radius 2 is 1.86 bits per heavy atom. The molecule has 3 aromatic rings. The molecular weight excluding hydrogens is 344 g/mol. The molecule has 4 nitrogen and oxygen atoms in total. The lowest BCUT2D eigenvalue weighted by molar-refractivity contribution is 0.0954. The average Bonchev–Trinajstić information content (AvgIpc) is 2.97. The molecule has 0 radical (unpaired) electrons. The van der Waals surface area contributed by atoms with Crippen LogP contribution in [0.15, 0.2) is 68.6 Å². The highest BCUT2D eigenvalue weighted by Crippen LogP contribution is 2.19. The summed E-state index contributed by atoms with van der Waals surface area (Å²) in [7, 11) is 0. The molecule has 5 heteroatoms. The van der Waals surface area contributed by atoms with Gasteiger partial charge in [-0.2, -0.15) is 5.10 Å². The van der Waals surface area contributed by atoms with Crippen LogP contribution in [-0.4, -0.2) is 11.6 Å². The van der Waals surface area contributed by atoms with Crippen LogP contribution in [0.25, 0.3) is 11.0 Å². The van der Waals surface area contributed by atoms with Crippen molar-refractivity contribution in [2.24, 2.45) is 5.10 Å². The van der Waals surface area contributed by atoms with E-state index >= 15 is 0 Å². The van der Waals surface area contributed by atoms with Gasteiger partial charge in [-0.25, -0.2) is 5.43 Å². The van der Waals surface area contributed by atoms with E-state index in [0.717, 1.165) is 15.4 Å². The van der Waals surface area contributed by atoms with Crippen LogP contribution in [0.4, 0.5) is 0 Å². The van der Waals surface area contributed by atoms with E-state index in [0.29, 0.717) is 17.0 Å². The lowest BCUT2D eigenvalue weighted by atomic mass is 10.2. The van der Waals surface area contributed by atoms with E-state index in [2.05, 4.69) is 26.5 Å². The minimum atomic E-state index is -0.275. The summed E-state index contributed by atoms with van der Waals surface area (Å²) >= 11 is 3.34. The summed E-state index contributed by atoms with van der Waals surface area (Å²) in [6.07, 6.45) is 0. The summed E-state index contributed by atoms with van der Waals surface area (Å²) in [6, 6.07) is 16.8. The van der Waals surface area contributed by atoms with Crippen molar-refractivity contribution < 1.29 is 9.21 Å². The van der Waals surface area contributed by atoms with Crippen molar-refractivity contribution >= 4 is 38.5 Å². The molecule has 0 aliphatic heterocycles. The van der Waals surface area contributed by atoms with Gasteiger partial charge in [-0.3, -0.25) is 4.79 Å². The van der Waals surface area contributed by atoms with Crippen LogP contribution in [0.3, 0.4) is 0 Å². The number of fused-ring (bicyclic) bond motifs is 1. The largest absolute Gasteiger partial charge is 0.455 e. The first-order chi connectivity index (χ1) is 10.6. The number of para-hydroxylation sites is 1. The number of hydrogen-bond acceptors (Lipinski definition) is 3. The van der Waals surface area contributed by atoms with Gasteiger partial charge in [0.25, 0.3) is 5.91 Å². The molecular formula is C17H13BrN2O2. The fourth-order valence-corrected chi connectivity index (χ4v) is 2.52. The number of furan rings is 1. The van der Waals surface area contributed by atoms with Crippen LogP contribution in [0.5, 0.6) is 0 Å². The fourth-order valence-electron chi connectivity index (χ4n) is 2.06. The molecule has 0 atom stereocenters. The smallest absolute Gasteiger partial charge is 0.272 e. The first kappa shape index (κ1) is 14.5. The highest BCUT2D eigenvalue weighted by molar-refractivity contribution is 9.10. The Morgan fingerprint density at radius 1 is 1.14 bits per heavy atom. The zero-order chi connectivity index (χ0) is 15.5. The number of carbonyl (C=O) groups excluding carboxylic acids is 1. The van der Waals surface area contributed by atoms with Crippen molar-refractivity contribution in [2.45, 2.75) is 6.92 Å². The summed E-state index contributed by atoms with van der Waals surface area (Å²) in [5, 5.41) is 5.11. The van der Waals surface area contributed by atoms with Gasteiger partial charge in [-0.05, 0) is 47.1 Å². The van der Waals surface area contributed by atoms with Crippen LogP contribution in [0, 0.1) is 0 Å². The molecule has 0 fully saturated rings. The van der Waals surface area contributed by atoms with Gasteiger partial charge < -0.3 is 4.42 Å². The van der Waals surface area contributed by atoms with Crippen LogP contribution >= 0.6 is 15.9 Å². The minimum absolute atomic E-state index is 0.275. The number of nitrogens with zero attached hydrogens (tertiary/aromatic N) is 1. The summed E-state index contributed by atoms with van der Waals surface area (Å²) in [5.41, 5.74) is 4.48. The molecule has 110 valence electrons. The molecule has 2 aromatic carbocycles. The summed E-state index contributed by atoms with van der Waals surface area (Å²) in [5.74, 6) is 0.358. The van der Waals surface area contributed by atoms with E-state index in [9.17, 15) is 4.79 Å². The van der Waals surface area contributed by atoms with Gasteiger partial charge in [-0.15, -0.1) is 0 Å². The standard InChI is InChI=1S/C17H13BrN2O2/c1-11(16-10-12-6-2-5-9-15(12)22-16)19-20-17(21)13-7-3-4-8-14(13)18/h2-10H,1H3,(H,20,21). The highest BCUT2D eigenvalue weighted by atomic mass is 79.9. The third-order valence-electron chi connectivity index (χ3n) is 3.23. The van der Waals surface area contributed by atoms with Crippen LogP contribution in [0.2, 0.25) is 0 Å². The Morgan fingerprint density at radius 3 is 2.64 bits per heavy atom. The van der Waals surface area contributed by atoms with E-state index in [-0.39, 0.29) is 5.91 Å². The number of hydrogen-bond donors (Lipinski definition) is 1. The quantitative estimate of drug-likeness (QED) is 0.560. The predicted molar refractivity (Wildman–Crippen MR) is 90.0 cm³/mol. The van der Waals surface area contributed by atoms with Crippen molar-refractivity contribution in [2.75, 3.05) is 0 Å². The fraction of sp³-hybridized carbons (Fsp3) is 0.0588. The van der Waals surface area contributed by atoms with E-state index < -0.39 is 0 Å². The molecule has 0 unspecified atom stereocenters. The third-order valence-corrected chi connectivity index (χ3v) is 3.92. The maximum atomic E-state index is 12.1. The molecule has 1 aromatic heterocycles. The van der Waals surface area contributed by atoms with Gasteiger partial charge in [-0.1, -0.05) is 30.3 Å². The maximum absolute atomic E-state index is 12.1. The average molecular weight is 357 g/mol. The first-order valence-electron chi connectivity index (χ1n) is 6.73. The van der Waals surface area contributed by atoms with Crippen molar-refractivity contribution in [1.29, 1.82) is 0 Å². The van der Waals surface area contributed by atoms with Gasteiger partial charge in [0.05, 0.1) is 5.56 Å². The SMILES string of the molecule is CC(=NNC(=O)c1ccccc1Br)c1cc2ccccc2o1. The Bertz CT molecular complexity index is 835. The number of rotatable bonds is 3. The van der Waals surface area contributed by atoms with Gasteiger partial charge in [0.15, 0.2) is 5.76 Å². The molecule has 0 bridgehead atoms. The second kappa shape index (κ2) is 6.15. The first-order valence-corrected chi connectivity index (χ1v) is 7.52. The minimum Gasteiger partial charge on any atom is -0.455 e. The van der Waals surface area contributed by atoms with Crippen LogP contribution in [0.1, 0.15) is 23.0 Å². The summed E-state index contributed by atoms with van der Waals surface area (Å²) in [6.45, 7) is 1.79. The number of nitrogens with one attached hydrogen (secondary N) is 1. The topological polar surface area (TPSA) is 54.6 Å². The highest BCUT2D eigenvalue weighted by Gasteiger charge is 2.10. The van der Waals surface area contributed by atoms with Gasteiger partial charge >= 0.3 is 0 Å². The van der Waals surface area contributed by atoms with E-state index in [1.165, 1.54) is 0 Å². The van der Waals surface area contributed by atoms with Crippen molar-refractivity contribution in [3.63, 3.8) is 0 Å². The molecule has 0 saturated carbocycles. The normalized spacial score (nSPS) is 11.6. The van der Waals surface area contributed by atoms with E-state index in [1.54, 1.807) is 19.1 Å². The molecule has 0 aliphatic rings. The molecule has 1 N–H and O–H groups in total. The number of benzene rings is 2. The number of amides is 1. The number of carbonyl (C=O) groups is 1. The predicted octanol–water partition coefficient (Wildman–Crippen LogP) is 4.35. The molecule has 0 saturated heterocycles. The van der Waals surface area contributed by atoms with Crippen LogP contribution < -0.4 is 5.43 Å². The molecule has 0 spiro atoms. The summed E-state index contributed by atoms with van der Waals surface area (Å²) < 4.78 is 6.43. The van der Waals surface area contributed by atoms with Gasteiger partial charge in [0, 0.05) is 9.86 Å². The molecule has 1 amide bonds. The van der Waals surface area contributed by atoms with Gasteiger partial charge in [0.1, 0.15) is 11.3 Å². The van der Waals surface area contributed by atoms with Crippen molar-refractivity contribution in [1.82, 2.24) is 5.43 Å². The zero-order valence-corrected chi connectivity index (χ0v) is 13.4. The number of hydrazone groups is 1. The molecule has 22 heavy (non-hydrogen) atoms. The Labute approximate surface area is 136 Å². The Hall–Kier alpha value is -2.40. The van der Waals surface area contributed by atoms with Gasteiger partial charge in [0.2, 0.25) is 0 Å². The lowest BCUT2D eigenvalue weighted by Crippen LogP contribution is -2.19. The maximum Gasteiger partial charge on any atom is 0.272 e. The third kappa shape index (κ3) is 2.94. The van der Waals surface area contributed by atoms with E-state index in [1.807, 2.05) is 42.5 Å². The van der Waals surface area contributed by atoms with Crippen LogP contribution in [-0.2, 0) is 0 Å². The Kier molecular flexibility index (Phi) is 4.06. The molecule has 0 aliphatic carbocycles.